The molecule has 0 radical (unpaired) electrons. The van der Waals surface area contributed by atoms with Crippen LogP contribution in [-0.4, -0.2) is 12.9 Å². The van der Waals surface area contributed by atoms with Crippen molar-refractivity contribution in [3.8, 4) is 5.75 Å². The van der Waals surface area contributed by atoms with Crippen molar-refractivity contribution < 1.29 is 9.47 Å². The van der Waals surface area contributed by atoms with E-state index in [0.717, 1.165) is 25.2 Å². The van der Waals surface area contributed by atoms with Gasteiger partial charge in [-0.1, -0.05) is 6.07 Å². The first-order valence-electron chi connectivity index (χ1n) is 5.10. The third-order valence-corrected chi connectivity index (χ3v) is 2.35. The molecule has 0 aliphatic carbocycles. The zero-order valence-corrected chi connectivity index (χ0v) is 8.75. The molecule has 1 aliphatic heterocycles. The molecule has 0 spiro atoms. The van der Waals surface area contributed by atoms with Crippen LogP contribution in [0, 0.1) is 13.8 Å². The van der Waals surface area contributed by atoms with Crippen LogP contribution < -0.4 is 4.74 Å². The normalized spacial score (nSPS) is 21.1. The quantitative estimate of drug-likeness (QED) is 0.717. The summed E-state index contributed by atoms with van der Waals surface area (Å²) in [7, 11) is 0. The van der Waals surface area contributed by atoms with E-state index in [9.17, 15) is 0 Å². The van der Waals surface area contributed by atoms with Gasteiger partial charge in [0.1, 0.15) is 5.75 Å². The molecule has 2 rings (SSSR count). The lowest BCUT2D eigenvalue weighted by atomic mass is 10.1. The highest BCUT2D eigenvalue weighted by molar-refractivity contribution is 5.33. The molecule has 1 atom stereocenters. The Balaban J connectivity index is 2.07. The van der Waals surface area contributed by atoms with Gasteiger partial charge in [0.15, 0.2) is 6.29 Å². The van der Waals surface area contributed by atoms with E-state index >= 15 is 0 Å². The number of benzene rings is 1. The Morgan fingerprint density at radius 1 is 1.21 bits per heavy atom. The molecule has 0 amide bonds. The average molecular weight is 192 g/mol. The fourth-order valence-corrected chi connectivity index (χ4v) is 1.79. The monoisotopic (exact) mass is 192 g/mol. The van der Waals surface area contributed by atoms with Crippen molar-refractivity contribution in [2.75, 3.05) is 6.61 Å². The third kappa shape index (κ3) is 2.26. The lowest BCUT2D eigenvalue weighted by Crippen LogP contribution is -2.13. The molecule has 0 aromatic heterocycles. The van der Waals surface area contributed by atoms with E-state index in [2.05, 4.69) is 32.0 Å². The van der Waals surface area contributed by atoms with Gasteiger partial charge in [-0.25, -0.2) is 0 Å². The predicted molar refractivity (Wildman–Crippen MR) is 55.5 cm³/mol. The van der Waals surface area contributed by atoms with Crippen molar-refractivity contribution in [1.82, 2.24) is 0 Å². The van der Waals surface area contributed by atoms with Crippen LogP contribution in [0.2, 0.25) is 0 Å². The molecule has 1 aromatic rings. The van der Waals surface area contributed by atoms with Crippen LogP contribution in [0.15, 0.2) is 18.2 Å². The molecule has 1 unspecified atom stereocenters. The molecule has 76 valence electrons. The Hall–Kier alpha value is -1.02. The van der Waals surface area contributed by atoms with Gasteiger partial charge in [-0.3, -0.25) is 0 Å². The zero-order valence-electron chi connectivity index (χ0n) is 8.75. The summed E-state index contributed by atoms with van der Waals surface area (Å²) in [5.41, 5.74) is 2.47. The van der Waals surface area contributed by atoms with Gasteiger partial charge in [0.05, 0.1) is 6.61 Å². The SMILES string of the molecule is Cc1cc(C)cc(OC2CCCO2)c1. The minimum absolute atomic E-state index is 0.0313. The number of ether oxygens (including phenoxy) is 2. The van der Waals surface area contributed by atoms with Crippen LogP contribution in [0.5, 0.6) is 5.75 Å². The first kappa shape index (κ1) is 9.53. The summed E-state index contributed by atoms with van der Waals surface area (Å²) in [6, 6.07) is 6.24. The van der Waals surface area contributed by atoms with Crippen LogP contribution in [0.3, 0.4) is 0 Å². The van der Waals surface area contributed by atoms with Gasteiger partial charge < -0.3 is 9.47 Å². The molecule has 1 fully saturated rings. The zero-order chi connectivity index (χ0) is 9.97. The smallest absolute Gasteiger partial charge is 0.199 e. The predicted octanol–water partition coefficient (Wildman–Crippen LogP) is 2.82. The highest BCUT2D eigenvalue weighted by Crippen LogP contribution is 2.21. The lowest BCUT2D eigenvalue weighted by Gasteiger charge is -2.13. The summed E-state index contributed by atoms with van der Waals surface area (Å²) < 4.78 is 11.1. The van der Waals surface area contributed by atoms with Gasteiger partial charge in [0.2, 0.25) is 0 Å². The molecule has 0 N–H and O–H groups in total. The highest BCUT2D eigenvalue weighted by Gasteiger charge is 2.16. The van der Waals surface area contributed by atoms with E-state index < -0.39 is 0 Å². The Morgan fingerprint density at radius 3 is 2.50 bits per heavy atom. The third-order valence-electron chi connectivity index (χ3n) is 2.35. The van der Waals surface area contributed by atoms with E-state index in [-0.39, 0.29) is 6.29 Å². The molecular formula is C12H16O2. The molecule has 2 heteroatoms. The van der Waals surface area contributed by atoms with Crippen molar-refractivity contribution in [3.63, 3.8) is 0 Å². The lowest BCUT2D eigenvalue weighted by molar-refractivity contribution is -0.0390. The highest BCUT2D eigenvalue weighted by atomic mass is 16.7. The molecule has 1 aliphatic rings. The fraction of sp³-hybridized carbons (Fsp3) is 0.500. The summed E-state index contributed by atoms with van der Waals surface area (Å²) >= 11 is 0. The van der Waals surface area contributed by atoms with Crippen molar-refractivity contribution >= 4 is 0 Å². The van der Waals surface area contributed by atoms with Crippen molar-refractivity contribution in [1.29, 1.82) is 0 Å². The van der Waals surface area contributed by atoms with Gasteiger partial charge in [-0.15, -0.1) is 0 Å². The molecular weight excluding hydrogens is 176 g/mol. The van der Waals surface area contributed by atoms with Crippen LogP contribution in [0.1, 0.15) is 24.0 Å². The van der Waals surface area contributed by atoms with E-state index in [1.807, 2.05) is 0 Å². The number of rotatable bonds is 2. The first-order valence-corrected chi connectivity index (χ1v) is 5.10. The second kappa shape index (κ2) is 4.01. The number of aryl methyl sites for hydroxylation is 2. The Morgan fingerprint density at radius 2 is 1.93 bits per heavy atom. The standard InChI is InChI=1S/C12H16O2/c1-9-6-10(2)8-11(7-9)14-12-4-3-5-13-12/h6-8,12H,3-5H2,1-2H3. The summed E-state index contributed by atoms with van der Waals surface area (Å²) in [6.45, 7) is 4.99. The second-order valence-electron chi connectivity index (χ2n) is 3.88. The van der Waals surface area contributed by atoms with E-state index in [4.69, 9.17) is 9.47 Å². The summed E-state index contributed by atoms with van der Waals surface area (Å²) in [5, 5.41) is 0. The number of hydrogen-bond acceptors (Lipinski definition) is 2. The summed E-state index contributed by atoms with van der Waals surface area (Å²) in [6.07, 6.45) is 2.08. The topological polar surface area (TPSA) is 18.5 Å². The Labute approximate surface area is 84.8 Å². The van der Waals surface area contributed by atoms with Crippen LogP contribution >= 0.6 is 0 Å². The molecule has 1 saturated heterocycles. The van der Waals surface area contributed by atoms with Gasteiger partial charge in [0.25, 0.3) is 0 Å². The molecule has 0 saturated carbocycles. The molecule has 1 aromatic carbocycles. The summed E-state index contributed by atoms with van der Waals surface area (Å²) in [5.74, 6) is 0.925. The van der Waals surface area contributed by atoms with Crippen molar-refractivity contribution in [2.24, 2.45) is 0 Å². The van der Waals surface area contributed by atoms with Crippen molar-refractivity contribution in [3.05, 3.63) is 29.3 Å². The average Bonchev–Trinajstić information content (AvgIpc) is 2.54. The molecule has 2 nitrogen and oxygen atoms in total. The van der Waals surface area contributed by atoms with Crippen LogP contribution in [0.4, 0.5) is 0 Å². The van der Waals surface area contributed by atoms with E-state index in [1.165, 1.54) is 11.1 Å². The minimum Gasteiger partial charge on any atom is -0.465 e. The summed E-state index contributed by atoms with van der Waals surface area (Å²) in [4.78, 5) is 0. The Kier molecular flexibility index (Phi) is 2.73. The molecule has 0 bridgehead atoms. The fourth-order valence-electron chi connectivity index (χ4n) is 1.79. The largest absolute Gasteiger partial charge is 0.465 e. The first-order chi connectivity index (χ1) is 6.74. The van der Waals surface area contributed by atoms with Crippen LogP contribution in [0.25, 0.3) is 0 Å². The van der Waals surface area contributed by atoms with Gasteiger partial charge >= 0.3 is 0 Å². The van der Waals surface area contributed by atoms with Gasteiger partial charge in [-0.2, -0.15) is 0 Å². The van der Waals surface area contributed by atoms with E-state index in [1.54, 1.807) is 0 Å². The van der Waals surface area contributed by atoms with Gasteiger partial charge in [-0.05, 0) is 43.5 Å². The maximum Gasteiger partial charge on any atom is 0.199 e. The van der Waals surface area contributed by atoms with Crippen molar-refractivity contribution in [2.45, 2.75) is 33.0 Å². The Bertz CT molecular complexity index is 294. The van der Waals surface area contributed by atoms with E-state index in [0.29, 0.717) is 0 Å². The maximum atomic E-state index is 5.71. The second-order valence-corrected chi connectivity index (χ2v) is 3.88. The van der Waals surface area contributed by atoms with Gasteiger partial charge in [0, 0.05) is 6.42 Å². The molecule has 14 heavy (non-hydrogen) atoms. The van der Waals surface area contributed by atoms with Crippen LogP contribution in [-0.2, 0) is 4.74 Å². The molecule has 1 heterocycles. The minimum atomic E-state index is -0.0313. The number of hydrogen-bond donors (Lipinski definition) is 0. The maximum absolute atomic E-state index is 5.71.